The van der Waals surface area contributed by atoms with Gasteiger partial charge in [0, 0.05) is 12.5 Å². The minimum atomic E-state index is 0.231. The molecule has 0 saturated carbocycles. The summed E-state index contributed by atoms with van der Waals surface area (Å²) in [5.41, 5.74) is 2.75. The molecule has 1 nitrogen and oxygen atoms in total. The van der Waals surface area contributed by atoms with Gasteiger partial charge < -0.3 is 5.11 Å². The second-order valence-corrected chi connectivity index (χ2v) is 15.5. The molecule has 0 aromatic rings. The molecule has 0 aliphatic carbocycles. The number of aliphatic hydroxyl groups is 1. The van der Waals surface area contributed by atoms with Crippen molar-refractivity contribution in [1.82, 2.24) is 0 Å². The highest BCUT2D eigenvalue weighted by molar-refractivity contribution is 5.06. The molecule has 0 aromatic carbocycles. The largest absolute Gasteiger partial charge is 0.396 e. The van der Waals surface area contributed by atoms with Crippen molar-refractivity contribution in [1.29, 1.82) is 0 Å². The molecule has 41 heavy (non-hydrogen) atoms. The molecule has 0 aliphatic heterocycles. The van der Waals surface area contributed by atoms with Crippen LogP contribution >= 0.6 is 0 Å². The molecule has 244 valence electrons. The summed E-state index contributed by atoms with van der Waals surface area (Å²) in [6.45, 7) is 26.0. The standard InChI is InChI=1S/C40H78O/c1-32(2)17-11-19-34(5)21-13-22-36(7)23-14-24-37(8)27-16-28-39(10)40(31-41)30-29-38(9)26-15-25-35(6)20-12-18-33(3)4/h29,32-37,40-41H,10-28,30-31H2,1-9H3/b38-29+. The molecular formula is C40H78O. The van der Waals surface area contributed by atoms with E-state index in [0.717, 1.165) is 48.3 Å². The van der Waals surface area contributed by atoms with E-state index in [1.807, 2.05) is 0 Å². The molecule has 0 saturated heterocycles. The molecule has 0 radical (unpaired) electrons. The molecule has 0 heterocycles. The number of allylic oxidation sites excluding steroid dienone is 2. The minimum absolute atomic E-state index is 0.231. The van der Waals surface area contributed by atoms with Gasteiger partial charge in [-0.05, 0) is 74.5 Å². The van der Waals surface area contributed by atoms with Gasteiger partial charge in [-0.15, -0.1) is 0 Å². The van der Waals surface area contributed by atoms with Gasteiger partial charge in [0.25, 0.3) is 0 Å². The normalized spacial score (nSPS) is 16.2. The van der Waals surface area contributed by atoms with Crippen LogP contribution in [-0.4, -0.2) is 11.7 Å². The minimum Gasteiger partial charge on any atom is -0.396 e. The van der Waals surface area contributed by atoms with Gasteiger partial charge >= 0.3 is 0 Å². The van der Waals surface area contributed by atoms with Gasteiger partial charge in [0.15, 0.2) is 0 Å². The van der Waals surface area contributed by atoms with Gasteiger partial charge in [-0.3, -0.25) is 0 Å². The molecule has 5 atom stereocenters. The zero-order valence-electron chi connectivity index (χ0n) is 29.9. The lowest BCUT2D eigenvalue weighted by Gasteiger charge is -2.18. The van der Waals surface area contributed by atoms with E-state index < -0.39 is 0 Å². The Kier molecular flexibility index (Phi) is 25.5. The van der Waals surface area contributed by atoms with E-state index in [1.54, 1.807) is 0 Å². The van der Waals surface area contributed by atoms with Crippen LogP contribution in [0.5, 0.6) is 0 Å². The van der Waals surface area contributed by atoms with E-state index in [-0.39, 0.29) is 12.5 Å². The Bertz CT molecular complexity index is 629. The number of rotatable bonds is 28. The summed E-state index contributed by atoms with van der Waals surface area (Å²) < 4.78 is 0. The smallest absolute Gasteiger partial charge is 0.0499 e. The van der Waals surface area contributed by atoms with Crippen molar-refractivity contribution in [3.05, 3.63) is 23.8 Å². The first-order chi connectivity index (χ1) is 19.4. The maximum Gasteiger partial charge on any atom is 0.0499 e. The predicted molar refractivity (Wildman–Crippen MR) is 188 cm³/mol. The lowest BCUT2D eigenvalue weighted by atomic mass is 9.88. The molecule has 5 unspecified atom stereocenters. The van der Waals surface area contributed by atoms with Crippen LogP contribution in [-0.2, 0) is 0 Å². The second-order valence-electron chi connectivity index (χ2n) is 15.5. The average molecular weight is 575 g/mol. The summed E-state index contributed by atoms with van der Waals surface area (Å²) >= 11 is 0. The van der Waals surface area contributed by atoms with E-state index in [2.05, 4.69) is 75.0 Å². The Labute approximate surface area is 260 Å². The molecule has 0 fully saturated rings. The van der Waals surface area contributed by atoms with Crippen LogP contribution in [0.1, 0.15) is 184 Å². The van der Waals surface area contributed by atoms with Crippen molar-refractivity contribution >= 4 is 0 Å². The molecule has 1 N–H and O–H groups in total. The first-order valence-electron chi connectivity index (χ1n) is 18.4. The van der Waals surface area contributed by atoms with Gasteiger partial charge in [-0.2, -0.15) is 0 Å². The van der Waals surface area contributed by atoms with E-state index in [0.29, 0.717) is 0 Å². The molecular weight excluding hydrogens is 496 g/mol. The van der Waals surface area contributed by atoms with Gasteiger partial charge in [0.2, 0.25) is 0 Å². The van der Waals surface area contributed by atoms with Crippen LogP contribution in [0.25, 0.3) is 0 Å². The lowest BCUT2D eigenvalue weighted by Crippen LogP contribution is -2.09. The SMILES string of the molecule is C=C(CCCC(C)CCCC(C)CCCC(C)CCCC(C)C)C(CO)C/C=C(\C)CCCC(C)CCCC(C)C. The summed E-state index contributed by atoms with van der Waals surface area (Å²) in [6.07, 6.45) is 27.5. The Hall–Kier alpha value is -0.560. The molecule has 0 aliphatic rings. The highest BCUT2D eigenvalue weighted by Gasteiger charge is 2.12. The van der Waals surface area contributed by atoms with Gasteiger partial charge in [-0.25, -0.2) is 0 Å². The third-order valence-electron chi connectivity index (χ3n) is 9.76. The maximum atomic E-state index is 10.0. The van der Waals surface area contributed by atoms with E-state index in [9.17, 15) is 5.11 Å². The number of aliphatic hydroxyl groups excluding tert-OH is 1. The van der Waals surface area contributed by atoms with Crippen LogP contribution < -0.4 is 0 Å². The van der Waals surface area contributed by atoms with Crippen molar-refractivity contribution in [3.63, 3.8) is 0 Å². The lowest BCUT2D eigenvalue weighted by molar-refractivity contribution is 0.244. The van der Waals surface area contributed by atoms with Crippen LogP contribution in [0.3, 0.4) is 0 Å². The quantitative estimate of drug-likeness (QED) is 0.0921. The van der Waals surface area contributed by atoms with Gasteiger partial charge in [-0.1, -0.05) is 169 Å². The molecule has 0 rings (SSSR count). The Balaban J connectivity index is 4.01. The van der Waals surface area contributed by atoms with Gasteiger partial charge in [0.1, 0.15) is 0 Å². The fraction of sp³-hybridized carbons (Fsp3) is 0.900. The maximum absolute atomic E-state index is 10.0. The third-order valence-corrected chi connectivity index (χ3v) is 9.76. The first kappa shape index (κ1) is 40.4. The zero-order chi connectivity index (χ0) is 31.0. The molecule has 0 amide bonds. The van der Waals surface area contributed by atoms with Crippen molar-refractivity contribution in [3.8, 4) is 0 Å². The van der Waals surface area contributed by atoms with Gasteiger partial charge in [0.05, 0.1) is 0 Å². The Morgan fingerprint density at radius 1 is 0.537 bits per heavy atom. The summed E-state index contributed by atoms with van der Waals surface area (Å²) in [5, 5.41) is 10.0. The van der Waals surface area contributed by atoms with Crippen molar-refractivity contribution in [2.75, 3.05) is 6.61 Å². The molecule has 0 spiro atoms. The predicted octanol–water partition coefficient (Wildman–Crippen LogP) is 13.4. The number of hydrogen-bond acceptors (Lipinski definition) is 1. The fourth-order valence-corrected chi connectivity index (χ4v) is 6.38. The summed E-state index contributed by atoms with van der Waals surface area (Å²) in [5.74, 6) is 5.36. The average Bonchev–Trinajstić information content (AvgIpc) is 2.88. The summed E-state index contributed by atoms with van der Waals surface area (Å²) in [7, 11) is 0. The molecule has 1 heteroatoms. The van der Waals surface area contributed by atoms with Crippen LogP contribution in [0, 0.1) is 41.4 Å². The zero-order valence-corrected chi connectivity index (χ0v) is 29.9. The van der Waals surface area contributed by atoms with E-state index in [4.69, 9.17) is 0 Å². The second kappa shape index (κ2) is 25.9. The van der Waals surface area contributed by atoms with Crippen molar-refractivity contribution in [2.24, 2.45) is 41.4 Å². The van der Waals surface area contributed by atoms with E-state index in [1.165, 1.54) is 120 Å². The third kappa shape index (κ3) is 25.6. The Morgan fingerprint density at radius 2 is 0.878 bits per heavy atom. The highest BCUT2D eigenvalue weighted by atomic mass is 16.3. The van der Waals surface area contributed by atoms with E-state index >= 15 is 0 Å². The van der Waals surface area contributed by atoms with Crippen LogP contribution in [0.15, 0.2) is 23.8 Å². The van der Waals surface area contributed by atoms with Crippen LogP contribution in [0.4, 0.5) is 0 Å². The molecule has 0 aromatic heterocycles. The summed E-state index contributed by atoms with van der Waals surface area (Å²) in [6, 6.07) is 0. The number of hydrogen-bond donors (Lipinski definition) is 1. The Morgan fingerprint density at radius 3 is 1.24 bits per heavy atom. The summed E-state index contributed by atoms with van der Waals surface area (Å²) in [4.78, 5) is 0. The fourth-order valence-electron chi connectivity index (χ4n) is 6.38. The first-order valence-corrected chi connectivity index (χ1v) is 18.4. The topological polar surface area (TPSA) is 20.2 Å². The molecule has 0 bridgehead atoms. The van der Waals surface area contributed by atoms with Crippen molar-refractivity contribution < 1.29 is 5.11 Å². The monoisotopic (exact) mass is 575 g/mol. The highest BCUT2D eigenvalue weighted by Crippen LogP contribution is 2.26. The van der Waals surface area contributed by atoms with Crippen LogP contribution in [0.2, 0.25) is 0 Å². The van der Waals surface area contributed by atoms with Crippen molar-refractivity contribution in [2.45, 2.75) is 184 Å².